The largest absolute Gasteiger partial charge is 0.542 e. The van der Waals surface area contributed by atoms with E-state index in [4.69, 9.17) is 33.1 Å². The Labute approximate surface area is 231 Å². The molecule has 8 nitrogen and oxygen atoms in total. The monoisotopic (exact) mass is 579 g/mol. The van der Waals surface area contributed by atoms with Gasteiger partial charge in [-0.2, -0.15) is 13.2 Å². The van der Waals surface area contributed by atoms with Crippen LogP contribution in [0, 0.1) is 0 Å². The minimum absolute atomic E-state index is 0.0479. The third-order valence-corrected chi connectivity index (χ3v) is 6.13. The van der Waals surface area contributed by atoms with Crippen molar-refractivity contribution in [3.8, 4) is 5.69 Å². The van der Waals surface area contributed by atoms with Crippen molar-refractivity contribution in [2.45, 2.75) is 31.5 Å². The van der Waals surface area contributed by atoms with Crippen molar-refractivity contribution >= 4 is 35.1 Å². The fourth-order valence-corrected chi connectivity index (χ4v) is 3.91. The van der Waals surface area contributed by atoms with E-state index in [-0.39, 0.29) is 17.9 Å². The van der Waals surface area contributed by atoms with Gasteiger partial charge in [0.1, 0.15) is 16.8 Å². The molecule has 0 saturated carbocycles. The molecular formula is C26H22Cl2F3N5O3. The number of aliphatic carboxylic acids is 1. The van der Waals surface area contributed by atoms with E-state index in [1.807, 2.05) is 67.6 Å². The highest BCUT2D eigenvalue weighted by Crippen LogP contribution is 2.27. The number of nitrogens with zero attached hydrogens (tertiary/aromatic N) is 3. The fourth-order valence-electron chi connectivity index (χ4n) is 3.66. The van der Waals surface area contributed by atoms with Gasteiger partial charge in [0.15, 0.2) is 5.21 Å². The molecule has 1 aromatic heterocycles. The quantitative estimate of drug-likeness (QED) is 0.323. The van der Waals surface area contributed by atoms with Crippen molar-refractivity contribution in [1.29, 1.82) is 0 Å². The van der Waals surface area contributed by atoms with Crippen LogP contribution in [0.1, 0.15) is 34.3 Å². The van der Waals surface area contributed by atoms with Crippen molar-refractivity contribution < 1.29 is 32.5 Å². The number of carbonyl (C=O) groups excluding carboxylic acids is 2. The maximum Gasteiger partial charge on any atom is 0.430 e. The van der Waals surface area contributed by atoms with Gasteiger partial charge in [-0.3, -0.25) is 4.79 Å². The lowest BCUT2D eigenvalue weighted by atomic mass is 9.86. The van der Waals surface area contributed by atoms with Crippen LogP contribution in [-0.2, 0) is 11.2 Å². The van der Waals surface area contributed by atoms with Crippen LogP contribution in [0.25, 0.3) is 5.69 Å². The standard InChI is InChI=1S/C24H21Cl2N5O.C2HF3O2/c1-16(28-24(32)19-3-2-4-22(14-19)31-15-27-29-30-31)23(18-7-11-21(26)12-8-18)13-17-5-9-20(25)10-6-17;3-2(4,5)1(6)7/h2-12,14-16,23H,13H2,1H3,(H,28,32);(H,6,7)/t16-,23+;/m1./s1. The SMILES string of the molecule is C[C@@H](NC(=O)c1cccc(-[n+]2cnn[nH]2)c1)[C@H](Cc1ccc(Cl)cc1)c1ccc(Cl)cc1.O=C([O-])C(F)(F)F. The van der Waals surface area contributed by atoms with Gasteiger partial charge < -0.3 is 15.2 Å². The highest BCUT2D eigenvalue weighted by atomic mass is 35.5. The molecule has 1 heterocycles. The number of alkyl halides is 3. The van der Waals surface area contributed by atoms with Gasteiger partial charge in [0.2, 0.25) is 0 Å². The lowest BCUT2D eigenvalue weighted by Gasteiger charge is -2.26. The van der Waals surface area contributed by atoms with Crippen molar-refractivity contribution in [3.63, 3.8) is 0 Å². The number of nitrogens with one attached hydrogen (secondary N) is 2. The molecule has 0 aliphatic rings. The lowest BCUT2D eigenvalue weighted by molar-refractivity contribution is -0.660. The number of hydrogen-bond acceptors (Lipinski definition) is 5. The van der Waals surface area contributed by atoms with E-state index in [1.165, 1.54) is 0 Å². The predicted octanol–water partition coefficient (Wildman–Crippen LogP) is 3.83. The van der Waals surface area contributed by atoms with Gasteiger partial charge in [0.05, 0.1) is 0 Å². The smallest absolute Gasteiger partial charge is 0.430 e. The van der Waals surface area contributed by atoms with Crippen LogP contribution in [0.5, 0.6) is 0 Å². The number of aromatic nitrogens is 4. The highest BCUT2D eigenvalue weighted by Gasteiger charge is 2.29. The minimum Gasteiger partial charge on any atom is -0.542 e. The first-order chi connectivity index (χ1) is 18.4. The number of tetrazole rings is 1. The number of benzene rings is 3. The van der Waals surface area contributed by atoms with Crippen LogP contribution in [0.15, 0.2) is 79.1 Å². The second-order valence-electron chi connectivity index (χ2n) is 8.39. The summed E-state index contributed by atoms with van der Waals surface area (Å²) in [6, 6.07) is 22.7. The van der Waals surface area contributed by atoms with E-state index in [0.717, 1.165) is 23.2 Å². The highest BCUT2D eigenvalue weighted by molar-refractivity contribution is 6.30. The molecule has 39 heavy (non-hydrogen) atoms. The Bertz CT molecular complexity index is 1380. The van der Waals surface area contributed by atoms with Crippen LogP contribution in [0.4, 0.5) is 13.2 Å². The summed E-state index contributed by atoms with van der Waals surface area (Å²) in [4.78, 5) is 21.8. The first kappa shape index (κ1) is 29.6. The van der Waals surface area contributed by atoms with Crippen LogP contribution >= 0.6 is 23.2 Å². The number of H-pyrrole nitrogens is 1. The molecule has 0 fully saturated rings. The van der Waals surface area contributed by atoms with Gasteiger partial charge in [0, 0.05) is 27.6 Å². The zero-order chi connectivity index (χ0) is 28.6. The minimum atomic E-state index is -5.19. The summed E-state index contributed by atoms with van der Waals surface area (Å²) >= 11 is 12.1. The van der Waals surface area contributed by atoms with E-state index < -0.39 is 12.1 Å². The first-order valence-corrected chi connectivity index (χ1v) is 12.2. The number of rotatable bonds is 7. The van der Waals surface area contributed by atoms with E-state index in [2.05, 4.69) is 20.8 Å². The molecule has 4 rings (SSSR count). The van der Waals surface area contributed by atoms with Crippen LogP contribution < -0.4 is 15.1 Å². The fraction of sp³-hybridized carbons (Fsp3) is 0.192. The lowest BCUT2D eigenvalue weighted by Crippen LogP contribution is -2.38. The summed E-state index contributed by atoms with van der Waals surface area (Å²) in [7, 11) is 0. The zero-order valence-corrected chi connectivity index (χ0v) is 21.8. The van der Waals surface area contributed by atoms with Gasteiger partial charge in [-0.15, -0.1) is 4.68 Å². The summed E-state index contributed by atoms with van der Waals surface area (Å²) < 4.78 is 33.2. The van der Waals surface area contributed by atoms with E-state index in [1.54, 1.807) is 23.1 Å². The van der Waals surface area contributed by atoms with E-state index >= 15 is 0 Å². The molecule has 0 bridgehead atoms. The first-order valence-electron chi connectivity index (χ1n) is 11.4. The number of amides is 1. The summed E-state index contributed by atoms with van der Waals surface area (Å²) in [5.41, 5.74) is 3.56. The van der Waals surface area contributed by atoms with Crippen LogP contribution in [-0.4, -0.2) is 39.6 Å². The average molecular weight is 580 g/mol. The molecule has 0 spiro atoms. The van der Waals surface area contributed by atoms with Crippen molar-refractivity contribution in [1.82, 2.24) is 20.8 Å². The molecule has 4 aromatic rings. The molecule has 3 aromatic carbocycles. The van der Waals surface area contributed by atoms with Gasteiger partial charge in [0.25, 0.3) is 12.2 Å². The Kier molecular flexibility index (Phi) is 10.0. The molecular weight excluding hydrogens is 558 g/mol. The molecule has 13 heteroatoms. The maximum atomic E-state index is 13.1. The predicted molar refractivity (Wildman–Crippen MR) is 135 cm³/mol. The Morgan fingerprint density at radius 2 is 1.62 bits per heavy atom. The number of aromatic amines is 1. The molecule has 0 aliphatic carbocycles. The number of hydrogen-bond donors (Lipinski definition) is 2. The number of carboxylic acids is 1. The van der Waals surface area contributed by atoms with E-state index in [9.17, 15) is 18.0 Å². The summed E-state index contributed by atoms with van der Waals surface area (Å²) in [6.45, 7) is 2.02. The Hall–Kier alpha value is -3.96. The van der Waals surface area contributed by atoms with Gasteiger partial charge in [-0.25, -0.2) is 0 Å². The molecule has 0 saturated heterocycles. The molecule has 0 radical (unpaired) electrons. The molecule has 1 amide bonds. The zero-order valence-electron chi connectivity index (χ0n) is 20.3. The maximum absolute atomic E-state index is 13.1. The second kappa shape index (κ2) is 13.2. The molecule has 2 N–H and O–H groups in total. The third kappa shape index (κ3) is 8.79. The van der Waals surface area contributed by atoms with Gasteiger partial charge in [-0.1, -0.05) is 58.7 Å². The normalized spacial score (nSPS) is 12.6. The average Bonchev–Trinajstić information content (AvgIpc) is 3.44. The van der Waals surface area contributed by atoms with Crippen LogP contribution in [0.2, 0.25) is 10.0 Å². The number of carbonyl (C=O) groups is 2. The van der Waals surface area contributed by atoms with Crippen LogP contribution in [0.3, 0.4) is 0 Å². The molecule has 2 atom stereocenters. The molecule has 0 unspecified atom stereocenters. The van der Waals surface area contributed by atoms with Crippen molar-refractivity contribution in [2.75, 3.05) is 0 Å². The number of carboxylic acid groups (broad SMARTS) is 1. The summed E-state index contributed by atoms with van der Waals surface area (Å²) in [5, 5.41) is 23.5. The Morgan fingerprint density at radius 3 is 2.15 bits per heavy atom. The van der Waals surface area contributed by atoms with Crippen molar-refractivity contribution in [3.05, 3.63) is 106 Å². The molecule has 204 valence electrons. The number of halogens is 5. The summed E-state index contributed by atoms with van der Waals surface area (Å²) in [6.07, 6.45) is -2.90. The Morgan fingerprint density at radius 1 is 1.03 bits per heavy atom. The second-order valence-corrected chi connectivity index (χ2v) is 9.26. The summed E-state index contributed by atoms with van der Waals surface area (Å²) in [5.74, 6) is -3.11. The van der Waals surface area contributed by atoms with E-state index in [0.29, 0.717) is 15.6 Å². The Balaban J connectivity index is 0.000000532. The van der Waals surface area contributed by atoms with Gasteiger partial charge in [-0.05, 0) is 66.9 Å². The third-order valence-electron chi connectivity index (χ3n) is 5.62. The van der Waals surface area contributed by atoms with Crippen molar-refractivity contribution in [2.24, 2.45) is 0 Å². The topological polar surface area (TPSA) is 115 Å². The van der Waals surface area contributed by atoms with Gasteiger partial charge >= 0.3 is 6.18 Å². The molecule has 0 aliphatic heterocycles.